The van der Waals surface area contributed by atoms with Gasteiger partial charge in [0.1, 0.15) is 6.61 Å². The van der Waals surface area contributed by atoms with E-state index in [2.05, 4.69) is 4.74 Å². The lowest BCUT2D eigenvalue weighted by atomic mass is 10.4. The van der Waals surface area contributed by atoms with Gasteiger partial charge in [0.15, 0.2) is 0 Å². The summed E-state index contributed by atoms with van der Waals surface area (Å²) >= 11 is 0. The number of carbonyl (C=O) groups is 1. The van der Waals surface area contributed by atoms with Gasteiger partial charge < -0.3 is 15.6 Å². The van der Waals surface area contributed by atoms with Gasteiger partial charge in [0.25, 0.3) is 0 Å². The maximum absolute atomic E-state index is 10.1. The molecular weight excluding hydrogens is 122 g/mol. The van der Waals surface area contributed by atoms with Gasteiger partial charge in [0.2, 0.25) is 0 Å². The first-order valence-electron chi connectivity index (χ1n) is 2.66. The van der Waals surface area contributed by atoms with Gasteiger partial charge in [-0.2, -0.15) is 0 Å². The topological polar surface area (TPSA) is 72.5 Å². The minimum atomic E-state index is -0.450. The average Bonchev–Trinajstić information content (AvgIpc) is 1.83. The lowest BCUT2D eigenvalue weighted by Gasteiger charge is -2.06. The molecule has 0 bridgehead atoms. The number of rotatable bonds is 3. The van der Waals surface area contributed by atoms with Crippen molar-refractivity contribution in [1.82, 2.24) is 0 Å². The molecule has 0 saturated heterocycles. The highest BCUT2D eigenvalue weighted by Crippen LogP contribution is 1.80. The number of aliphatic hydroxyl groups is 1. The first-order chi connectivity index (χ1) is 4.16. The molecule has 0 aromatic carbocycles. The van der Waals surface area contributed by atoms with E-state index in [0.717, 1.165) is 0 Å². The van der Waals surface area contributed by atoms with E-state index in [1.54, 1.807) is 0 Å². The summed E-state index contributed by atoms with van der Waals surface area (Å²) in [6.45, 7) is 1.23. The van der Waals surface area contributed by atoms with Crippen molar-refractivity contribution in [2.24, 2.45) is 5.73 Å². The molecule has 0 saturated carbocycles. The van der Waals surface area contributed by atoms with Crippen LogP contribution in [0.2, 0.25) is 0 Å². The molecule has 1 unspecified atom stereocenters. The van der Waals surface area contributed by atoms with Crippen molar-refractivity contribution >= 4 is 5.97 Å². The zero-order valence-corrected chi connectivity index (χ0v) is 5.33. The summed E-state index contributed by atoms with van der Waals surface area (Å²) in [6.07, 6.45) is 0. The fourth-order valence-corrected chi connectivity index (χ4v) is 0.277. The van der Waals surface area contributed by atoms with Crippen LogP contribution in [0, 0.1) is 0 Å². The fraction of sp³-hybridized carbons (Fsp3) is 0.800. The number of ether oxygens (including phenoxy) is 1. The van der Waals surface area contributed by atoms with Crippen LogP contribution in [-0.2, 0) is 9.53 Å². The van der Waals surface area contributed by atoms with E-state index in [4.69, 9.17) is 10.8 Å². The molecule has 54 valence electrons. The molecule has 0 rings (SSSR count). The molecule has 0 aliphatic rings. The molecule has 0 aromatic rings. The predicted molar refractivity (Wildman–Crippen MR) is 31.7 cm³/mol. The van der Waals surface area contributed by atoms with Crippen molar-refractivity contribution in [2.75, 3.05) is 13.2 Å². The number of carbonyl (C=O) groups excluding carboxylic acids is 1. The maximum atomic E-state index is 10.1. The van der Waals surface area contributed by atoms with Gasteiger partial charge in [-0.15, -0.1) is 0 Å². The van der Waals surface area contributed by atoms with E-state index in [1.165, 1.54) is 6.92 Å². The van der Waals surface area contributed by atoms with Crippen molar-refractivity contribution < 1.29 is 14.6 Å². The highest BCUT2D eigenvalue weighted by molar-refractivity contribution is 5.65. The van der Waals surface area contributed by atoms with Crippen LogP contribution in [0.1, 0.15) is 6.92 Å². The molecule has 9 heavy (non-hydrogen) atoms. The minimum Gasteiger partial charge on any atom is -0.464 e. The van der Waals surface area contributed by atoms with Gasteiger partial charge in [-0.05, 0) is 0 Å². The lowest BCUT2D eigenvalue weighted by Crippen LogP contribution is -2.30. The summed E-state index contributed by atoms with van der Waals surface area (Å²) in [7, 11) is 0. The Morgan fingerprint density at radius 1 is 1.89 bits per heavy atom. The second kappa shape index (κ2) is 4.29. The Labute approximate surface area is 53.6 Å². The molecule has 0 heterocycles. The maximum Gasteiger partial charge on any atom is 0.302 e. The number of hydrogen-bond donors (Lipinski definition) is 2. The Balaban J connectivity index is 3.16. The Morgan fingerprint density at radius 3 is 2.78 bits per heavy atom. The van der Waals surface area contributed by atoms with E-state index in [1.807, 2.05) is 0 Å². The summed E-state index contributed by atoms with van der Waals surface area (Å²) in [5.41, 5.74) is 5.19. The molecule has 3 N–H and O–H groups in total. The van der Waals surface area contributed by atoms with E-state index >= 15 is 0 Å². The molecule has 0 spiro atoms. The van der Waals surface area contributed by atoms with Gasteiger partial charge in [0.05, 0.1) is 12.6 Å². The summed E-state index contributed by atoms with van der Waals surface area (Å²) in [5, 5.41) is 8.33. The standard InChI is InChI=1S/C5H11NO3/c1-4(8)9-3-5(6)2-7/h5,7H,2-3,6H2,1H3. The molecule has 0 fully saturated rings. The van der Waals surface area contributed by atoms with Gasteiger partial charge in [-0.3, -0.25) is 4.79 Å². The second-order valence-corrected chi connectivity index (χ2v) is 1.75. The zero-order valence-electron chi connectivity index (χ0n) is 5.33. The highest BCUT2D eigenvalue weighted by atomic mass is 16.5. The van der Waals surface area contributed by atoms with Crippen LogP contribution < -0.4 is 5.73 Å². The van der Waals surface area contributed by atoms with Crippen LogP contribution >= 0.6 is 0 Å². The van der Waals surface area contributed by atoms with E-state index < -0.39 is 6.04 Å². The molecule has 4 heteroatoms. The quantitative estimate of drug-likeness (QED) is 0.478. The van der Waals surface area contributed by atoms with E-state index in [-0.39, 0.29) is 19.2 Å². The second-order valence-electron chi connectivity index (χ2n) is 1.75. The Kier molecular flexibility index (Phi) is 4.00. The fourth-order valence-electron chi connectivity index (χ4n) is 0.277. The normalized spacial score (nSPS) is 12.8. The van der Waals surface area contributed by atoms with Crippen molar-refractivity contribution in [2.45, 2.75) is 13.0 Å². The molecule has 1 atom stereocenters. The highest BCUT2D eigenvalue weighted by Gasteiger charge is 2.00. The summed E-state index contributed by atoms with van der Waals surface area (Å²) in [4.78, 5) is 10.1. The van der Waals surface area contributed by atoms with E-state index in [9.17, 15) is 4.79 Å². The number of hydrogen-bond acceptors (Lipinski definition) is 4. The van der Waals surface area contributed by atoms with Crippen LogP contribution in [0.15, 0.2) is 0 Å². The smallest absolute Gasteiger partial charge is 0.302 e. The largest absolute Gasteiger partial charge is 0.464 e. The third-order valence-corrected chi connectivity index (χ3v) is 0.735. The Bertz CT molecular complexity index is 94.2. The monoisotopic (exact) mass is 133 g/mol. The predicted octanol–water partition coefficient (Wildman–Crippen LogP) is -1.13. The first kappa shape index (κ1) is 8.39. The van der Waals surface area contributed by atoms with Crippen LogP contribution in [0.25, 0.3) is 0 Å². The third-order valence-electron chi connectivity index (χ3n) is 0.735. The van der Waals surface area contributed by atoms with Crippen molar-refractivity contribution in [1.29, 1.82) is 0 Å². The first-order valence-corrected chi connectivity index (χ1v) is 2.66. The SMILES string of the molecule is CC(=O)OCC(N)CO. The van der Waals surface area contributed by atoms with Crippen LogP contribution in [0.3, 0.4) is 0 Å². The Morgan fingerprint density at radius 2 is 2.44 bits per heavy atom. The molecule has 4 nitrogen and oxygen atoms in total. The zero-order chi connectivity index (χ0) is 7.28. The van der Waals surface area contributed by atoms with Crippen molar-refractivity contribution in [3.8, 4) is 0 Å². The van der Waals surface area contributed by atoms with Crippen LogP contribution in [0.4, 0.5) is 0 Å². The number of aliphatic hydroxyl groups excluding tert-OH is 1. The average molecular weight is 133 g/mol. The molecule has 0 amide bonds. The third kappa shape index (κ3) is 5.26. The van der Waals surface area contributed by atoms with Crippen molar-refractivity contribution in [3.05, 3.63) is 0 Å². The summed E-state index contributed by atoms with van der Waals surface area (Å²) in [6, 6.07) is -0.450. The molecule has 0 aromatic heterocycles. The van der Waals surface area contributed by atoms with Gasteiger partial charge in [-0.25, -0.2) is 0 Å². The number of esters is 1. The van der Waals surface area contributed by atoms with Gasteiger partial charge >= 0.3 is 5.97 Å². The van der Waals surface area contributed by atoms with Gasteiger partial charge in [0, 0.05) is 6.92 Å². The summed E-state index contributed by atoms with van der Waals surface area (Å²) < 4.78 is 4.47. The van der Waals surface area contributed by atoms with Crippen molar-refractivity contribution in [3.63, 3.8) is 0 Å². The lowest BCUT2D eigenvalue weighted by molar-refractivity contribution is -0.141. The molecule has 0 aliphatic heterocycles. The van der Waals surface area contributed by atoms with Gasteiger partial charge in [-0.1, -0.05) is 0 Å². The van der Waals surface area contributed by atoms with E-state index in [0.29, 0.717) is 0 Å². The molecular formula is C5H11NO3. The number of nitrogens with two attached hydrogens (primary N) is 1. The summed E-state index contributed by atoms with van der Waals surface area (Å²) in [5.74, 6) is -0.376. The molecule has 0 aliphatic carbocycles. The van der Waals surface area contributed by atoms with Crippen LogP contribution in [-0.4, -0.2) is 30.3 Å². The molecule has 0 radical (unpaired) electrons. The Hall–Kier alpha value is -0.610. The minimum absolute atomic E-state index is 0.0891. The van der Waals surface area contributed by atoms with Crippen LogP contribution in [0.5, 0.6) is 0 Å².